The van der Waals surface area contributed by atoms with Gasteiger partial charge in [0.15, 0.2) is 0 Å². The first-order chi connectivity index (χ1) is 22.7. The lowest BCUT2D eigenvalue weighted by atomic mass is 9.90. The second-order valence-corrected chi connectivity index (χ2v) is 11.2. The number of benzene rings is 5. The number of pyridine rings is 3. The van der Waals surface area contributed by atoms with Crippen molar-refractivity contribution in [1.29, 1.82) is 5.26 Å². The first-order valence-electron chi connectivity index (χ1n) is 15.2. The van der Waals surface area contributed by atoms with Crippen molar-refractivity contribution < 1.29 is 0 Å². The Balaban J connectivity index is 1.30. The molecule has 0 aliphatic rings. The van der Waals surface area contributed by atoms with E-state index in [9.17, 15) is 5.26 Å². The number of rotatable bonds is 5. The molecule has 0 aliphatic carbocycles. The number of hydrogen-bond acceptors (Lipinski definition) is 4. The van der Waals surface area contributed by atoms with E-state index in [1.807, 2.05) is 60.7 Å². The van der Waals surface area contributed by atoms with Crippen LogP contribution in [-0.2, 0) is 0 Å². The number of fused-ring (bicyclic) bond motifs is 2. The van der Waals surface area contributed by atoms with Gasteiger partial charge in [-0.25, -0.2) is 4.98 Å². The van der Waals surface area contributed by atoms with E-state index >= 15 is 0 Å². The summed E-state index contributed by atoms with van der Waals surface area (Å²) in [5.41, 5.74) is 10.6. The molecule has 0 radical (unpaired) electrons. The van der Waals surface area contributed by atoms with Crippen molar-refractivity contribution in [3.63, 3.8) is 0 Å². The van der Waals surface area contributed by atoms with Gasteiger partial charge in [-0.3, -0.25) is 9.97 Å². The highest BCUT2D eigenvalue weighted by Crippen LogP contribution is 2.38. The quantitative estimate of drug-likeness (QED) is 0.201. The van der Waals surface area contributed by atoms with Crippen molar-refractivity contribution in [2.45, 2.75) is 0 Å². The van der Waals surface area contributed by atoms with Crippen LogP contribution in [0.4, 0.5) is 0 Å². The average molecular weight is 587 g/mol. The lowest BCUT2D eigenvalue weighted by molar-refractivity contribution is 1.22. The van der Waals surface area contributed by atoms with Crippen LogP contribution in [0, 0.1) is 11.3 Å². The van der Waals surface area contributed by atoms with Crippen LogP contribution in [0.15, 0.2) is 158 Å². The minimum absolute atomic E-state index is 0.659. The van der Waals surface area contributed by atoms with E-state index in [4.69, 9.17) is 4.98 Å². The van der Waals surface area contributed by atoms with Gasteiger partial charge in [0.2, 0.25) is 0 Å². The fourth-order valence-corrected chi connectivity index (χ4v) is 6.13. The van der Waals surface area contributed by atoms with Gasteiger partial charge in [-0.2, -0.15) is 5.26 Å². The molecule has 0 fully saturated rings. The Morgan fingerprint density at radius 3 is 1.70 bits per heavy atom. The second kappa shape index (κ2) is 11.6. The third-order valence-corrected chi connectivity index (χ3v) is 8.39. The summed E-state index contributed by atoms with van der Waals surface area (Å²) in [7, 11) is 0. The Bertz CT molecular complexity index is 2350. The fraction of sp³-hybridized carbons (Fsp3) is 0. The highest BCUT2D eigenvalue weighted by atomic mass is 14.8. The lowest BCUT2D eigenvalue weighted by Crippen LogP contribution is -1.94. The summed E-state index contributed by atoms with van der Waals surface area (Å²) in [4.78, 5) is 14.2. The molecular formula is C42H26N4. The average Bonchev–Trinajstić information content (AvgIpc) is 3.14. The highest BCUT2D eigenvalue weighted by molar-refractivity contribution is 6.03. The van der Waals surface area contributed by atoms with Crippen LogP contribution < -0.4 is 0 Å². The van der Waals surface area contributed by atoms with Crippen LogP contribution in [0.3, 0.4) is 0 Å². The smallest absolute Gasteiger partial charge is 0.0991 e. The molecule has 5 aromatic carbocycles. The van der Waals surface area contributed by atoms with Crippen LogP contribution in [0.5, 0.6) is 0 Å². The first kappa shape index (κ1) is 27.1. The maximum atomic E-state index is 9.24. The van der Waals surface area contributed by atoms with Crippen molar-refractivity contribution >= 4 is 21.5 Å². The van der Waals surface area contributed by atoms with E-state index in [0.717, 1.165) is 66.9 Å². The van der Waals surface area contributed by atoms with Crippen molar-refractivity contribution in [1.82, 2.24) is 15.0 Å². The second-order valence-electron chi connectivity index (χ2n) is 11.2. The van der Waals surface area contributed by atoms with Gasteiger partial charge in [0.1, 0.15) is 0 Å². The number of nitriles is 1. The van der Waals surface area contributed by atoms with Gasteiger partial charge in [0.05, 0.1) is 34.4 Å². The van der Waals surface area contributed by atoms with Gasteiger partial charge < -0.3 is 0 Å². The van der Waals surface area contributed by atoms with E-state index in [1.165, 1.54) is 10.8 Å². The summed E-state index contributed by atoms with van der Waals surface area (Å²) in [5.74, 6) is 0. The molecule has 8 aromatic rings. The van der Waals surface area contributed by atoms with Gasteiger partial charge in [0.25, 0.3) is 0 Å². The Morgan fingerprint density at radius 1 is 0.413 bits per heavy atom. The summed E-state index contributed by atoms with van der Waals surface area (Å²) in [6, 6.07) is 52.2. The summed E-state index contributed by atoms with van der Waals surface area (Å²) in [6.07, 6.45) is 3.60. The molecule has 4 nitrogen and oxygen atoms in total. The number of aromatic nitrogens is 3. The van der Waals surface area contributed by atoms with Crippen LogP contribution >= 0.6 is 0 Å². The fourth-order valence-electron chi connectivity index (χ4n) is 6.13. The van der Waals surface area contributed by atoms with Gasteiger partial charge in [-0.1, -0.05) is 78.9 Å². The Hall–Kier alpha value is -6.44. The molecule has 0 unspecified atom stereocenters. The molecule has 0 N–H and O–H groups in total. The molecule has 8 rings (SSSR count). The number of hydrogen-bond donors (Lipinski definition) is 0. The number of nitrogens with zero attached hydrogens (tertiary/aromatic N) is 4. The molecule has 4 heteroatoms. The predicted molar refractivity (Wildman–Crippen MR) is 187 cm³/mol. The normalized spacial score (nSPS) is 11.0. The molecule has 3 aromatic heterocycles. The molecule has 46 heavy (non-hydrogen) atoms. The van der Waals surface area contributed by atoms with Gasteiger partial charge in [-0.05, 0) is 122 Å². The molecule has 0 spiro atoms. The minimum atomic E-state index is 0.659. The van der Waals surface area contributed by atoms with Crippen LogP contribution in [0.1, 0.15) is 5.56 Å². The van der Waals surface area contributed by atoms with E-state index in [1.54, 1.807) is 12.4 Å². The maximum absolute atomic E-state index is 9.24. The van der Waals surface area contributed by atoms with Crippen molar-refractivity contribution in [3.05, 3.63) is 164 Å². The molecule has 0 saturated carbocycles. The SMILES string of the molecule is N#Cc1ccc(-c2cccc3cc(-c4cc(-c5cc(-c6ccccn6)nc(-c6ccccn6)c5)c5ccccc5c4)ccc23)cc1. The molecule has 0 amide bonds. The molecule has 0 atom stereocenters. The Kier molecular flexibility index (Phi) is 6.83. The molecule has 3 heterocycles. The summed E-state index contributed by atoms with van der Waals surface area (Å²) in [6.45, 7) is 0. The van der Waals surface area contributed by atoms with E-state index in [-0.39, 0.29) is 0 Å². The van der Waals surface area contributed by atoms with Crippen molar-refractivity contribution in [2.24, 2.45) is 0 Å². The molecule has 0 saturated heterocycles. The van der Waals surface area contributed by atoms with Gasteiger partial charge in [0, 0.05) is 12.4 Å². The third-order valence-electron chi connectivity index (χ3n) is 8.39. The highest BCUT2D eigenvalue weighted by Gasteiger charge is 2.14. The zero-order chi connectivity index (χ0) is 30.9. The molecular weight excluding hydrogens is 560 g/mol. The standard InChI is InChI=1S/C42H26N4/c43-27-28-14-16-29(17-15-28)35-11-7-9-32-22-30(18-19-37(32)35)33-23-31-8-1-2-10-36(31)38(24-33)34-25-41(39-12-3-5-20-44-39)46-42(26-34)40-13-4-6-21-45-40/h1-26H. The molecule has 214 valence electrons. The molecule has 0 bridgehead atoms. The summed E-state index contributed by atoms with van der Waals surface area (Å²) >= 11 is 0. The molecule has 0 aliphatic heterocycles. The monoisotopic (exact) mass is 586 g/mol. The van der Waals surface area contributed by atoms with Gasteiger partial charge >= 0.3 is 0 Å². The van der Waals surface area contributed by atoms with Gasteiger partial charge in [-0.15, -0.1) is 0 Å². The summed E-state index contributed by atoms with van der Waals surface area (Å²) < 4.78 is 0. The largest absolute Gasteiger partial charge is 0.255 e. The predicted octanol–water partition coefficient (Wildman–Crippen LogP) is 10.4. The Labute approximate surface area is 266 Å². The van der Waals surface area contributed by atoms with E-state index in [0.29, 0.717) is 5.56 Å². The van der Waals surface area contributed by atoms with E-state index in [2.05, 4.69) is 101 Å². The van der Waals surface area contributed by atoms with Crippen LogP contribution in [-0.4, -0.2) is 15.0 Å². The minimum Gasteiger partial charge on any atom is -0.255 e. The van der Waals surface area contributed by atoms with Crippen LogP contribution in [0.25, 0.3) is 77.7 Å². The lowest BCUT2D eigenvalue weighted by Gasteiger charge is -2.15. The van der Waals surface area contributed by atoms with Crippen LogP contribution in [0.2, 0.25) is 0 Å². The first-order valence-corrected chi connectivity index (χ1v) is 15.2. The van der Waals surface area contributed by atoms with Crippen molar-refractivity contribution in [2.75, 3.05) is 0 Å². The van der Waals surface area contributed by atoms with E-state index < -0.39 is 0 Å². The third kappa shape index (κ3) is 5.06. The zero-order valence-corrected chi connectivity index (χ0v) is 24.8. The van der Waals surface area contributed by atoms with Crippen molar-refractivity contribution in [3.8, 4) is 62.2 Å². The summed E-state index contributed by atoms with van der Waals surface area (Å²) in [5, 5.41) is 13.9. The Morgan fingerprint density at radius 2 is 1.02 bits per heavy atom. The maximum Gasteiger partial charge on any atom is 0.0991 e. The zero-order valence-electron chi connectivity index (χ0n) is 24.8. The topological polar surface area (TPSA) is 62.5 Å².